The topological polar surface area (TPSA) is 28.2 Å². The van der Waals surface area contributed by atoms with Crippen LogP contribution in [0.5, 0.6) is 0 Å². The van der Waals surface area contributed by atoms with E-state index in [-0.39, 0.29) is 0 Å². The normalized spacial score (nSPS) is 17.8. The summed E-state index contributed by atoms with van der Waals surface area (Å²) in [6.07, 6.45) is -4.31. The lowest BCUT2D eigenvalue weighted by Crippen LogP contribution is -2.42. The molecule has 108 valence electrons. The van der Waals surface area contributed by atoms with Gasteiger partial charge in [-0.15, -0.1) is 11.3 Å². The van der Waals surface area contributed by atoms with E-state index in [4.69, 9.17) is 0 Å². The lowest BCUT2D eigenvalue weighted by atomic mass is 10.2. The zero-order chi connectivity index (χ0) is 14.2. The van der Waals surface area contributed by atoms with Gasteiger partial charge in [0.2, 0.25) is 0 Å². The van der Waals surface area contributed by atoms with Gasteiger partial charge in [0.25, 0.3) is 0 Å². The Bertz CT molecular complexity index is 602. The van der Waals surface area contributed by atoms with Gasteiger partial charge in [0.1, 0.15) is 5.01 Å². The Morgan fingerprint density at radius 2 is 2.00 bits per heavy atom. The highest BCUT2D eigenvalue weighted by Crippen LogP contribution is 2.33. The van der Waals surface area contributed by atoms with E-state index in [1.807, 2.05) is 0 Å². The fourth-order valence-electron chi connectivity index (χ4n) is 2.28. The quantitative estimate of drug-likeness (QED) is 0.924. The van der Waals surface area contributed by atoms with Crippen molar-refractivity contribution >= 4 is 21.6 Å². The molecule has 1 saturated heterocycles. The number of thiazole rings is 1. The van der Waals surface area contributed by atoms with Crippen LogP contribution in [0.4, 0.5) is 13.2 Å². The van der Waals surface area contributed by atoms with Gasteiger partial charge in [0, 0.05) is 26.2 Å². The van der Waals surface area contributed by atoms with E-state index in [1.165, 1.54) is 17.4 Å². The molecule has 7 heteroatoms. The first-order valence-corrected chi connectivity index (χ1v) is 7.24. The van der Waals surface area contributed by atoms with E-state index in [0.717, 1.165) is 48.0 Å². The van der Waals surface area contributed by atoms with Crippen LogP contribution in [0.3, 0.4) is 0 Å². The first kappa shape index (κ1) is 13.8. The van der Waals surface area contributed by atoms with Crippen LogP contribution in [0.1, 0.15) is 10.6 Å². The third-order valence-electron chi connectivity index (χ3n) is 3.33. The van der Waals surface area contributed by atoms with Gasteiger partial charge in [-0.1, -0.05) is 0 Å². The monoisotopic (exact) mass is 301 g/mol. The maximum atomic E-state index is 12.7. The van der Waals surface area contributed by atoms with Gasteiger partial charge in [0.15, 0.2) is 0 Å². The Labute approximate surface area is 118 Å². The van der Waals surface area contributed by atoms with Crippen molar-refractivity contribution in [2.75, 3.05) is 26.2 Å². The summed E-state index contributed by atoms with van der Waals surface area (Å²) in [5.41, 5.74) is -0.195. The molecule has 1 aliphatic heterocycles. The van der Waals surface area contributed by atoms with Gasteiger partial charge >= 0.3 is 6.18 Å². The number of rotatable bonds is 2. The highest BCUT2D eigenvalue weighted by molar-refractivity contribution is 7.18. The summed E-state index contributed by atoms with van der Waals surface area (Å²) in [7, 11) is 0. The number of hydrogen-bond donors (Lipinski definition) is 1. The Balaban J connectivity index is 1.83. The second kappa shape index (κ2) is 5.31. The molecule has 0 amide bonds. The first-order chi connectivity index (χ1) is 9.52. The minimum absolute atomic E-state index is 0.440. The van der Waals surface area contributed by atoms with E-state index >= 15 is 0 Å². The largest absolute Gasteiger partial charge is 0.416 e. The maximum absolute atomic E-state index is 12.7. The predicted molar refractivity (Wildman–Crippen MR) is 72.8 cm³/mol. The summed E-state index contributed by atoms with van der Waals surface area (Å²) in [5.74, 6) is 0. The van der Waals surface area contributed by atoms with Gasteiger partial charge in [-0.2, -0.15) is 13.2 Å². The van der Waals surface area contributed by atoms with E-state index < -0.39 is 11.7 Å². The van der Waals surface area contributed by atoms with Crippen molar-refractivity contribution in [2.45, 2.75) is 12.7 Å². The molecule has 0 bridgehead atoms. The standard InChI is InChI=1S/C13H14F3N3S/c14-13(15,16)9-1-2-11-10(7-9)18-12(20-11)8-19-5-3-17-4-6-19/h1-2,7,17H,3-6,8H2. The maximum Gasteiger partial charge on any atom is 0.416 e. The van der Waals surface area contributed by atoms with E-state index in [2.05, 4.69) is 15.2 Å². The van der Waals surface area contributed by atoms with Crippen molar-refractivity contribution in [1.82, 2.24) is 15.2 Å². The van der Waals surface area contributed by atoms with Crippen molar-refractivity contribution in [2.24, 2.45) is 0 Å². The second-order valence-electron chi connectivity index (χ2n) is 4.81. The second-order valence-corrected chi connectivity index (χ2v) is 5.93. The number of fused-ring (bicyclic) bond motifs is 1. The van der Waals surface area contributed by atoms with Crippen molar-refractivity contribution < 1.29 is 13.2 Å². The Hall–Kier alpha value is -1.18. The van der Waals surface area contributed by atoms with Crippen LogP contribution < -0.4 is 5.32 Å². The van der Waals surface area contributed by atoms with E-state index in [0.29, 0.717) is 12.1 Å². The van der Waals surface area contributed by atoms with Gasteiger partial charge < -0.3 is 5.32 Å². The van der Waals surface area contributed by atoms with Crippen molar-refractivity contribution in [1.29, 1.82) is 0 Å². The molecular weight excluding hydrogens is 287 g/mol. The van der Waals surface area contributed by atoms with Crippen molar-refractivity contribution in [3.8, 4) is 0 Å². The van der Waals surface area contributed by atoms with Gasteiger partial charge in [0.05, 0.1) is 22.3 Å². The fraction of sp³-hybridized carbons (Fsp3) is 0.462. The van der Waals surface area contributed by atoms with Crippen molar-refractivity contribution in [3.63, 3.8) is 0 Å². The summed E-state index contributed by atoms with van der Waals surface area (Å²) in [6, 6.07) is 3.76. The molecule has 0 aliphatic carbocycles. The number of halogens is 3. The third-order valence-corrected chi connectivity index (χ3v) is 4.35. The number of hydrogen-bond acceptors (Lipinski definition) is 4. The molecule has 3 nitrogen and oxygen atoms in total. The molecule has 20 heavy (non-hydrogen) atoms. The average Bonchev–Trinajstić information content (AvgIpc) is 2.80. The summed E-state index contributed by atoms with van der Waals surface area (Å²) >= 11 is 1.47. The Morgan fingerprint density at radius 3 is 2.70 bits per heavy atom. The first-order valence-electron chi connectivity index (χ1n) is 6.42. The molecular formula is C13H14F3N3S. The van der Waals surface area contributed by atoms with Crippen LogP contribution in [0.15, 0.2) is 18.2 Å². The molecule has 0 radical (unpaired) electrons. The summed E-state index contributed by atoms with van der Waals surface area (Å²) in [4.78, 5) is 6.60. The third kappa shape index (κ3) is 2.94. The van der Waals surface area contributed by atoms with E-state index in [9.17, 15) is 13.2 Å². The fourth-order valence-corrected chi connectivity index (χ4v) is 3.27. The van der Waals surface area contributed by atoms with Gasteiger partial charge in [-0.25, -0.2) is 4.98 Å². The summed E-state index contributed by atoms with van der Waals surface area (Å²) < 4.78 is 38.8. The molecule has 0 spiro atoms. The minimum atomic E-state index is -4.31. The smallest absolute Gasteiger partial charge is 0.314 e. The molecule has 1 fully saturated rings. The van der Waals surface area contributed by atoms with Crippen LogP contribution in [-0.2, 0) is 12.7 Å². The molecule has 0 atom stereocenters. The van der Waals surface area contributed by atoms with Crippen LogP contribution in [0.25, 0.3) is 10.2 Å². The van der Waals surface area contributed by atoms with Gasteiger partial charge in [-0.3, -0.25) is 4.90 Å². The number of nitrogens with zero attached hydrogens (tertiary/aromatic N) is 2. The van der Waals surface area contributed by atoms with Crippen LogP contribution in [0, 0.1) is 0 Å². The summed E-state index contributed by atoms with van der Waals surface area (Å²) in [6.45, 7) is 4.50. The molecule has 1 aliphatic rings. The number of aromatic nitrogens is 1. The molecule has 0 saturated carbocycles. The number of piperazine rings is 1. The molecule has 1 aromatic heterocycles. The molecule has 2 aromatic rings. The minimum Gasteiger partial charge on any atom is -0.314 e. The van der Waals surface area contributed by atoms with Crippen LogP contribution in [-0.4, -0.2) is 36.1 Å². The molecule has 3 rings (SSSR count). The highest BCUT2D eigenvalue weighted by atomic mass is 32.1. The lowest BCUT2D eigenvalue weighted by molar-refractivity contribution is -0.137. The van der Waals surface area contributed by atoms with Crippen LogP contribution in [0.2, 0.25) is 0 Å². The van der Waals surface area contributed by atoms with Gasteiger partial charge in [-0.05, 0) is 18.2 Å². The van der Waals surface area contributed by atoms with Crippen LogP contribution >= 0.6 is 11.3 Å². The van der Waals surface area contributed by atoms with E-state index in [1.54, 1.807) is 0 Å². The average molecular weight is 301 g/mol. The summed E-state index contributed by atoms with van der Waals surface area (Å²) in [5, 5.41) is 4.14. The molecule has 2 heterocycles. The Kier molecular flexibility index (Phi) is 3.66. The number of benzene rings is 1. The molecule has 1 aromatic carbocycles. The predicted octanol–water partition coefficient (Wildman–Crippen LogP) is 2.72. The number of nitrogens with one attached hydrogen (secondary N) is 1. The number of alkyl halides is 3. The highest BCUT2D eigenvalue weighted by Gasteiger charge is 2.30. The Morgan fingerprint density at radius 1 is 1.25 bits per heavy atom. The lowest BCUT2D eigenvalue weighted by Gasteiger charge is -2.25. The zero-order valence-corrected chi connectivity index (χ0v) is 11.5. The molecule has 0 unspecified atom stereocenters. The molecule has 1 N–H and O–H groups in total. The zero-order valence-electron chi connectivity index (χ0n) is 10.7. The SMILES string of the molecule is FC(F)(F)c1ccc2sc(CN3CCNCC3)nc2c1. The van der Waals surface area contributed by atoms with Crippen molar-refractivity contribution in [3.05, 3.63) is 28.8 Å².